The lowest BCUT2D eigenvalue weighted by Crippen LogP contribution is -2.56. The van der Waals surface area contributed by atoms with Crippen molar-refractivity contribution in [2.75, 3.05) is 31.1 Å². The molecule has 1 heterocycles. The fourth-order valence-corrected chi connectivity index (χ4v) is 3.70. The Balaban J connectivity index is 1.63. The molecular formula is C24H30FN3O2. The molecule has 3 rings (SSSR count). The van der Waals surface area contributed by atoms with E-state index in [1.807, 2.05) is 36.9 Å². The number of nitrogens with one attached hydrogen (secondary N) is 1. The molecule has 2 amide bonds. The van der Waals surface area contributed by atoms with Gasteiger partial charge < -0.3 is 15.1 Å². The first-order chi connectivity index (χ1) is 14.4. The number of hydrogen-bond acceptors (Lipinski definition) is 3. The molecule has 0 spiro atoms. The number of benzene rings is 2. The number of nitrogens with zero attached hydrogens (tertiary/aromatic N) is 2. The highest BCUT2D eigenvalue weighted by Gasteiger charge is 2.31. The molecule has 1 fully saturated rings. The normalized spacial score (nSPS) is 15.2. The van der Waals surface area contributed by atoms with E-state index >= 15 is 0 Å². The molecule has 1 N–H and O–H groups in total. The first-order valence-corrected chi connectivity index (χ1v) is 10.6. The van der Waals surface area contributed by atoms with Crippen LogP contribution >= 0.6 is 0 Å². The van der Waals surface area contributed by atoms with Crippen LogP contribution < -0.4 is 10.2 Å². The summed E-state index contributed by atoms with van der Waals surface area (Å²) in [6.07, 6.45) is 0.911. The second-order valence-electron chi connectivity index (χ2n) is 8.01. The van der Waals surface area contributed by atoms with Gasteiger partial charge in [-0.25, -0.2) is 4.39 Å². The van der Waals surface area contributed by atoms with Gasteiger partial charge in [-0.1, -0.05) is 45.0 Å². The number of piperazine rings is 1. The Morgan fingerprint density at radius 2 is 1.63 bits per heavy atom. The summed E-state index contributed by atoms with van der Waals surface area (Å²) in [6.45, 7) is 8.04. The number of anilines is 1. The molecule has 2 aromatic rings. The summed E-state index contributed by atoms with van der Waals surface area (Å²) in [5.74, 6) is -0.619. The number of carbonyl (C=O) groups is 2. The summed E-state index contributed by atoms with van der Waals surface area (Å²) in [7, 11) is 0. The molecule has 30 heavy (non-hydrogen) atoms. The van der Waals surface area contributed by atoms with Crippen LogP contribution in [0, 0.1) is 11.7 Å². The number of aryl methyl sites for hydroxylation is 1. The largest absolute Gasteiger partial charge is 0.366 e. The minimum absolute atomic E-state index is 0.0408. The molecule has 0 aliphatic carbocycles. The third-order valence-corrected chi connectivity index (χ3v) is 5.63. The molecule has 1 aliphatic rings. The van der Waals surface area contributed by atoms with Crippen molar-refractivity contribution >= 4 is 17.5 Å². The van der Waals surface area contributed by atoms with Crippen LogP contribution in [0.1, 0.15) is 36.7 Å². The molecular weight excluding hydrogens is 381 g/mol. The van der Waals surface area contributed by atoms with E-state index in [0.29, 0.717) is 37.4 Å². The summed E-state index contributed by atoms with van der Waals surface area (Å²) >= 11 is 0. The predicted octanol–water partition coefficient (Wildman–Crippen LogP) is 3.49. The fraction of sp³-hybridized carbons (Fsp3) is 0.417. The zero-order chi connectivity index (χ0) is 21.7. The van der Waals surface area contributed by atoms with Gasteiger partial charge in [-0.15, -0.1) is 0 Å². The van der Waals surface area contributed by atoms with Crippen LogP contribution in [0.3, 0.4) is 0 Å². The SMILES string of the molecule is CCc1ccc(C(=O)N[C@@H](C(=O)N2CCN(c3ccccc3F)CC2)C(C)C)cc1. The van der Waals surface area contributed by atoms with Gasteiger partial charge in [0, 0.05) is 31.7 Å². The van der Waals surface area contributed by atoms with E-state index in [0.717, 1.165) is 12.0 Å². The minimum Gasteiger partial charge on any atom is -0.366 e. The van der Waals surface area contributed by atoms with Gasteiger partial charge in [-0.2, -0.15) is 0 Å². The van der Waals surface area contributed by atoms with E-state index in [4.69, 9.17) is 0 Å². The number of hydrogen-bond donors (Lipinski definition) is 1. The Morgan fingerprint density at radius 3 is 2.20 bits per heavy atom. The quantitative estimate of drug-likeness (QED) is 0.792. The van der Waals surface area contributed by atoms with E-state index < -0.39 is 6.04 Å². The average molecular weight is 412 g/mol. The van der Waals surface area contributed by atoms with Crippen molar-refractivity contribution in [1.82, 2.24) is 10.2 Å². The number of halogens is 1. The van der Waals surface area contributed by atoms with E-state index in [1.165, 1.54) is 6.07 Å². The fourth-order valence-electron chi connectivity index (χ4n) is 3.70. The van der Waals surface area contributed by atoms with Gasteiger partial charge in [-0.3, -0.25) is 9.59 Å². The Kier molecular flexibility index (Phi) is 7.08. The molecule has 6 heteroatoms. The van der Waals surface area contributed by atoms with Crippen molar-refractivity contribution < 1.29 is 14.0 Å². The molecule has 160 valence electrons. The van der Waals surface area contributed by atoms with E-state index in [-0.39, 0.29) is 23.5 Å². The van der Waals surface area contributed by atoms with Crippen LogP contribution in [0.15, 0.2) is 48.5 Å². The minimum atomic E-state index is -0.594. The topological polar surface area (TPSA) is 52.7 Å². The van der Waals surface area contributed by atoms with Crippen molar-refractivity contribution in [3.05, 3.63) is 65.5 Å². The van der Waals surface area contributed by atoms with Gasteiger partial charge >= 0.3 is 0 Å². The van der Waals surface area contributed by atoms with Crippen molar-refractivity contribution in [2.24, 2.45) is 5.92 Å². The Labute approximate surface area is 177 Å². The zero-order valence-corrected chi connectivity index (χ0v) is 17.9. The first-order valence-electron chi connectivity index (χ1n) is 10.6. The summed E-state index contributed by atoms with van der Waals surface area (Å²) in [4.78, 5) is 29.5. The van der Waals surface area contributed by atoms with Crippen molar-refractivity contribution in [3.63, 3.8) is 0 Å². The molecule has 0 saturated carbocycles. The summed E-state index contributed by atoms with van der Waals surface area (Å²) in [6, 6.07) is 13.6. The van der Waals surface area contributed by atoms with Crippen LogP contribution in [-0.4, -0.2) is 48.9 Å². The molecule has 1 aliphatic heterocycles. The molecule has 0 radical (unpaired) electrons. The first kappa shape index (κ1) is 21.8. The van der Waals surface area contributed by atoms with E-state index in [1.54, 1.807) is 29.2 Å². The van der Waals surface area contributed by atoms with Crippen LogP contribution in [0.5, 0.6) is 0 Å². The molecule has 5 nitrogen and oxygen atoms in total. The van der Waals surface area contributed by atoms with Crippen molar-refractivity contribution in [1.29, 1.82) is 0 Å². The van der Waals surface area contributed by atoms with Crippen molar-refractivity contribution in [2.45, 2.75) is 33.2 Å². The average Bonchev–Trinajstić information content (AvgIpc) is 2.77. The predicted molar refractivity (Wildman–Crippen MR) is 117 cm³/mol. The zero-order valence-electron chi connectivity index (χ0n) is 17.9. The highest BCUT2D eigenvalue weighted by molar-refractivity contribution is 5.97. The lowest BCUT2D eigenvalue weighted by Gasteiger charge is -2.38. The molecule has 0 unspecified atom stereocenters. The smallest absolute Gasteiger partial charge is 0.251 e. The van der Waals surface area contributed by atoms with Gasteiger partial charge in [0.25, 0.3) is 5.91 Å². The van der Waals surface area contributed by atoms with Crippen LogP contribution in [0.4, 0.5) is 10.1 Å². The highest BCUT2D eigenvalue weighted by atomic mass is 19.1. The highest BCUT2D eigenvalue weighted by Crippen LogP contribution is 2.21. The van der Waals surface area contributed by atoms with Crippen LogP contribution in [0.25, 0.3) is 0 Å². The second kappa shape index (κ2) is 9.74. The maximum absolute atomic E-state index is 14.0. The standard InChI is InChI=1S/C24H30FN3O2/c1-4-18-9-11-19(12-10-18)23(29)26-22(17(2)3)24(30)28-15-13-27(14-16-28)21-8-6-5-7-20(21)25/h5-12,17,22H,4,13-16H2,1-3H3,(H,26,29)/t22-/m1/s1. The summed E-state index contributed by atoms with van der Waals surface area (Å²) < 4.78 is 14.0. The number of rotatable bonds is 6. The molecule has 0 bridgehead atoms. The summed E-state index contributed by atoms with van der Waals surface area (Å²) in [5, 5.41) is 2.92. The monoisotopic (exact) mass is 411 g/mol. The lowest BCUT2D eigenvalue weighted by atomic mass is 10.0. The number of para-hydroxylation sites is 1. The lowest BCUT2D eigenvalue weighted by molar-refractivity contribution is -0.134. The van der Waals surface area contributed by atoms with E-state index in [2.05, 4.69) is 12.2 Å². The van der Waals surface area contributed by atoms with Gasteiger partial charge in [0.2, 0.25) is 5.91 Å². The van der Waals surface area contributed by atoms with Crippen LogP contribution in [-0.2, 0) is 11.2 Å². The number of carbonyl (C=O) groups excluding carboxylic acids is 2. The third-order valence-electron chi connectivity index (χ3n) is 5.63. The second-order valence-corrected chi connectivity index (χ2v) is 8.01. The summed E-state index contributed by atoms with van der Waals surface area (Å²) in [5.41, 5.74) is 2.28. The molecule has 2 aromatic carbocycles. The van der Waals surface area contributed by atoms with Crippen LogP contribution in [0.2, 0.25) is 0 Å². The molecule has 1 saturated heterocycles. The number of amides is 2. The maximum Gasteiger partial charge on any atom is 0.251 e. The third kappa shape index (κ3) is 4.99. The van der Waals surface area contributed by atoms with Crippen molar-refractivity contribution in [3.8, 4) is 0 Å². The van der Waals surface area contributed by atoms with Gasteiger partial charge in [0.1, 0.15) is 11.9 Å². The van der Waals surface area contributed by atoms with E-state index in [9.17, 15) is 14.0 Å². The Morgan fingerprint density at radius 1 is 1.00 bits per heavy atom. The van der Waals surface area contributed by atoms with Gasteiger partial charge in [0.15, 0.2) is 0 Å². The van der Waals surface area contributed by atoms with Gasteiger partial charge in [-0.05, 0) is 42.2 Å². The Bertz CT molecular complexity index is 874. The van der Waals surface area contributed by atoms with Gasteiger partial charge in [0.05, 0.1) is 5.69 Å². The Hall–Kier alpha value is -2.89. The molecule has 1 atom stereocenters. The molecule has 0 aromatic heterocycles. The maximum atomic E-state index is 14.0.